The molecule has 0 N–H and O–H groups in total. The van der Waals surface area contributed by atoms with E-state index in [1.807, 2.05) is 0 Å². The third-order valence-corrected chi connectivity index (χ3v) is 3.26. The van der Waals surface area contributed by atoms with Crippen LogP contribution < -0.4 is 29.6 Å². The third-order valence-electron chi connectivity index (χ3n) is 2.46. The first kappa shape index (κ1) is 26.4. The number of alkyl halides is 11. The molecule has 0 aliphatic carbocycles. The molecule has 24 heavy (non-hydrogen) atoms. The summed E-state index contributed by atoms with van der Waals surface area (Å²) in [6.07, 6.45) is -22.6. The molecule has 3 nitrogen and oxygen atoms in total. The van der Waals surface area contributed by atoms with Crippen molar-refractivity contribution < 1.29 is 90.8 Å². The molecule has 0 amide bonds. The van der Waals surface area contributed by atoms with Crippen molar-refractivity contribution in [1.82, 2.24) is 0 Å². The van der Waals surface area contributed by atoms with Crippen LogP contribution in [0, 0.1) is 0 Å². The maximum atomic E-state index is 13.0. The molecule has 0 aliphatic heterocycles. The standard InChI is InChI=1S/C8H7F11O3S.Na/c9-1(3(11)5(13)14)2(10)4(12)7(16,17)8(18,19)6(15)23(20,21)22;/h1-6H,(H,20,21,22);/q;+1/p-1. The van der Waals surface area contributed by atoms with Crippen molar-refractivity contribution in [2.45, 2.75) is 48.5 Å². The summed E-state index contributed by atoms with van der Waals surface area (Å²) in [6.45, 7) is 0. The number of halogens is 11. The van der Waals surface area contributed by atoms with Gasteiger partial charge in [0, 0.05) is 0 Å². The SMILES string of the molecule is O=S(=O)([O-])C(F)C(F)(F)C(F)(F)C(F)C(F)C(F)C(F)C(F)F.[Na+]. The van der Waals surface area contributed by atoms with Crippen LogP contribution in [0.3, 0.4) is 0 Å². The van der Waals surface area contributed by atoms with Gasteiger partial charge in [-0.1, -0.05) is 0 Å². The van der Waals surface area contributed by atoms with E-state index in [1.54, 1.807) is 0 Å². The Morgan fingerprint density at radius 3 is 1.38 bits per heavy atom. The second kappa shape index (κ2) is 8.68. The summed E-state index contributed by atoms with van der Waals surface area (Å²) in [5.74, 6) is -13.4. The van der Waals surface area contributed by atoms with Crippen LogP contribution in [-0.4, -0.2) is 61.4 Å². The fourth-order valence-corrected chi connectivity index (χ4v) is 1.71. The molecule has 0 radical (unpaired) electrons. The molecule has 5 unspecified atom stereocenters. The summed E-state index contributed by atoms with van der Waals surface area (Å²) in [5, 5.41) is 0. The number of rotatable bonds is 8. The van der Waals surface area contributed by atoms with Gasteiger partial charge < -0.3 is 4.55 Å². The summed E-state index contributed by atoms with van der Waals surface area (Å²) in [7, 11) is -6.78. The van der Waals surface area contributed by atoms with E-state index in [4.69, 9.17) is 0 Å². The Kier molecular flexibility index (Phi) is 9.54. The Morgan fingerprint density at radius 1 is 0.708 bits per heavy atom. The van der Waals surface area contributed by atoms with Crippen molar-refractivity contribution in [3.63, 3.8) is 0 Å². The van der Waals surface area contributed by atoms with E-state index in [9.17, 15) is 61.3 Å². The minimum atomic E-state index is -6.78. The second-order valence-corrected chi connectivity index (χ2v) is 5.52. The Bertz CT molecular complexity index is 501. The summed E-state index contributed by atoms with van der Waals surface area (Å²) >= 11 is 0. The molecule has 0 aromatic heterocycles. The normalized spacial score (nSPS) is 20.0. The molecule has 0 spiro atoms. The molecule has 0 saturated heterocycles. The molecule has 0 aromatic rings. The summed E-state index contributed by atoms with van der Waals surface area (Å²) in [4.78, 5) is 0. The van der Waals surface area contributed by atoms with E-state index in [0.717, 1.165) is 0 Å². The third kappa shape index (κ3) is 5.32. The first-order chi connectivity index (χ1) is 9.99. The topological polar surface area (TPSA) is 57.2 Å². The van der Waals surface area contributed by atoms with Crippen LogP contribution in [0.15, 0.2) is 0 Å². The molecule has 5 atom stereocenters. The van der Waals surface area contributed by atoms with Crippen molar-refractivity contribution >= 4 is 10.1 Å². The van der Waals surface area contributed by atoms with Gasteiger partial charge in [-0.3, -0.25) is 0 Å². The Hall–Kier alpha value is 0.140. The summed E-state index contributed by atoms with van der Waals surface area (Å²) < 4.78 is 168. The molecule has 16 heteroatoms. The van der Waals surface area contributed by atoms with Crippen LogP contribution >= 0.6 is 0 Å². The zero-order valence-corrected chi connectivity index (χ0v) is 14.1. The quantitative estimate of drug-likeness (QED) is 0.312. The van der Waals surface area contributed by atoms with E-state index in [2.05, 4.69) is 0 Å². The van der Waals surface area contributed by atoms with E-state index < -0.39 is 58.6 Å². The van der Waals surface area contributed by atoms with Crippen LogP contribution in [0.1, 0.15) is 0 Å². The fraction of sp³-hybridized carbons (Fsp3) is 1.00. The molecule has 0 fully saturated rings. The van der Waals surface area contributed by atoms with Gasteiger partial charge in [-0.25, -0.2) is 39.2 Å². The van der Waals surface area contributed by atoms with Crippen LogP contribution in [0.2, 0.25) is 0 Å². The van der Waals surface area contributed by atoms with Crippen molar-refractivity contribution in [1.29, 1.82) is 0 Å². The van der Waals surface area contributed by atoms with Crippen molar-refractivity contribution in [2.24, 2.45) is 0 Å². The molecule has 0 bridgehead atoms. The average Bonchev–Trinajstić information content (AvgIpc) is 2.41. The molecular formula is C8H6F11NaO3S. The van der Waals surface area contributed by atoms with E-state index in [1.165, 1.54) is 0 Å². The molecule has 0 saturated carbocycles. The van der Waals surface area contributed by atoms with E-state index in [0.29, 0.717) is 0 Å². The molecule has 140 valence electrons. The molecular weight excluding hydrogens is 408 g/mol. The average molecular weight is 414 g/mol. The van der Waals surface area contributed by atoms with E-state index >= 15 is 0 Å². The zero-order chi connectivity index (χ0) is 19.0. The number of hydrogen-bond acceptors (Lipinski definition) is 3. The maximum Gasteiger partial charge on any atom is 1.00 e. The summed E-state index contributed by atoms with van der Waals surface area (Å²) in [5.41, 5.74) is -5.26. The predicted molar refractivity (Wildman–Crippen MR) is 50.1 cm³/mol. The largest absolute Gasteiger partial charge is 1.00 e. The van der Waals surface area contributed by atoms with Gasteiger partial charge in [-0.05, 0) is 0 Å². The maximum absolute atomic E-state index is 13.0. The van der Waals surface area contributed by atoms with E-state index in [-0.39, 0.29) is 29.6 Å². The molecule has 0 rings (SSSR count). The zero-order valence-electron chi connectivity index (χ0n) is 11.3. The number of hydrogen-bond donors (Lipinski definition) is 0. The smallest absolute Gasteiger partial charge is 0.746 e. The Morgan fingerprint density at radius 2 is 1.08 bits per heavy atom. The Labute approximate surface area is 149 Å². The first-order valence-corrected chi connectivity index (χ1v) is 6.65. The van der Waals surface area contributed by atoms with Gasteiger partial charge in [0.25, 0.3) is 11.9 Å². The molecule has 0 aliphatic rings. The van der Waals surface area contributed by atoms with Crippen molar-refractivity contribution in [2.75, 3.05) is 0 Å². The molecule has 0 heterocycles. The van der Waals surface area contributed by atoms with Gasteiger partial charge in [0.1, 0.15) is 10.1 Å². The van der Waals surface area contributed by atoms with Crippen molar-refractivity contribution in [3.8, 4) is 0 Å². The first-order valence-electron chi connectivity index (χ1n) is 5.18. The van der Waals surface area contributed by atoms with Gasteiger partial charge in [0.15, 0.2) is 18.5 Å². The minimum absolute atomic E-state index is 0. The van der Waals surface area contributed by atoms with Crippen LogP contribution in [0.25, 0.3) is 0 Å². The minimum Gasteiger partial charge on any atom is -0.746 e. The van der Waals surface area contributed by atoms with Gasteiger partial charge in [0.05, 0.1) is 0 Å². The predicted octanol–water partition coefficient (Wildman–Crippen LogP) is -0.281. The monoisotopic (exact) mass is 414 g/mol. The van der Waals surface area contributed by atoms with Gasteiger partial charge in [-0.2, -0.15) is 17.6 Å². The van der Waals surface area contributed by atoms with Gasteiger partial charge in [-0.15, -0.1) is 0 Å². The summed E-state index contributed by atoms with van der Waals surface area (Å²) in [6, 6.07) is 0. The van der Waals surface area contributed by atoms with Gasteiger partial charge >= 0.3 is 41.4 Å². The Balaban J connectivity index is 0. The van der Waals surface area contributed by atoms with Gasteiger partial charge in [0.2, 0.25) is 6.17 Å². The van der Waals surface area contributed by atoms with Crippen LogP contribution in [0.5, 0.6) is 0 Å². The second-order valence-electron chi connectivity index (χ2n) is 4.12. The molecule has 0 aromatic carbocycles. The van der Waals surface area contributed by atoms with Crippen LogP contribution in [0.4, 0.5) is 48.3 Å². The van der Waals surface area contributed by atoms with Crippen LogP contribution in [-0.2, 0) is 10.1 Å². The van der Waals surface area contributed by atoms with Crippen molar-refractivity contribution in [3.05, 3.63) is 0 Å². The fourth-order valence-electron chi connectivity index (χ4n) is 1.19.